The molecule has 1 aromatic carbocycles. The number of nitrogens with zero attached hydrogens (tertiary/aromatic N) is 4. The zero-order valence-electron chi connectivity index (χ0n) is 17.7. The number of amides is 1. The zero-order chi connectivity index (χ0) is 21.6. The van der Waals surface area contributed by atoms with Crippen molar-refractivity contribution in [3.63, 3.8) is 0 Å². The minimum atomic E-state index is -0.320. The molecule has 1 saturated heterocycles. The molecule has 3 heterocycles. The van der Waals surface area contributed by atoms with Gasteiger partial charge in [0.1, 0.15) is 17.4 Å². The number of benzene rings is 1. The molecule has 1 aliphatic heterocycles. The number of imidazole rings is 1. The summed E-state index contributed by atoms with van der Waals surface area (Å²) in [4.78, 5) is 23.0. The largest absolute Gasteiger partial charge is 0.484 e. The van der Waals surface area contributed by atoms with Crippen molar-refractivity contribution in [2.75, 3.05) is 19.7 Å². The Morgan fingerprint density at radius 3 is 2.55 bits per heavy atom. The summed E-state index contributed by atoms with van der Waals surface area (Å²) in [6.07, 6.45) is 8.52. The van der Waals surface area contributed by atoms with Crippen LogP contribution in [0.4, 0.5) is 4.39 Å². The number of rotatable bonds is 7. The molecule has 4 rings (SSSR count). The number of aromatic nitrogens is 3. The highest BCUT2D eigenvalue weighted by atomic mass is 19.1. The Morgan fingerprint density at radius 2 is 1.84 bits per heavy atom. The fourth-order valence-corrected chi connectivity index (χ4v) is 4.02. The topological polar surface area (TPSA) is 60.2 Å². The number of ether oxygens (including phenoxy) is 1. The summed E-state index contributed by atoms with van der Waals surface area (Å²) < 4.78 is 20.7. The van der Waals surface area contributed by atoms with E-state index in [1.165, 1.54) is 24.3 Å². The quantitative estimate of drug-likeness (QED) is 0.575. The Labute approximate surface area is 181 Å². The summed E-state index contributed by atoms with van der Waals surface area (Å²) in [6.45, 7) is 4.47. The van der Waals surface area contributed by atoms with Crippen molar-refractivity contribution in [3.8, 4) is 17.1 Å². The molecule has 0 atom stereocenters. The van der Waals surface area contributed by atoms with Gasteiger partial charge in [-0.2, -0.15) is 0 Å². The molecule has 3 aromatic rings. The average molecular weight is 423 g/mol. The van der Waals surface area contributed by atoms with Crippen molar-refractivity contribution in [3.05, 3.63) is 66.5 Å². The lowest BCUT2D eigenvalue weighted by Crippen LogP contribution is -2.41. The van der Waals surface area contributed by atoms with Crippen molar-refractivity contribution in [1.82, 2.24) is 19.4 Å². The third-order valence-corrected chi connectivity index (χ3v) is 5.90. The molecule has 0 radical (unpaired) electrons. The Balaban J connectivity index is 1.25. The molecule has 0 N–H and O–H groups in total. The lowest BCUT2D eigenvalue weighted by molar-refractivity contribution is -0.134. The molecule has 0 aliphatic carbocycles. The molecular formula is C24H27FN4O2. The molecular weight excluding hydrogens is 395 g/mol. The second-order valence-electron chi connectivity index (χ2n) is 7.97. The smallest absolute Gasteiger partial charge is 0.260 e. The van der Waals surface area contributed by atoms with Crippen LogP contribution < -0.4 is 4.74 Å². The van der Waals surface area contributed by atoms with E-state index in [0.717, 1.165) is 56.0 Å². The monoisotopic (exact) mass is 422 g/mol. The minimum Gasteiger partial charge on any atom is -0.484 e. The van der Waals surface area contributed by atoms with Gasteiger partial charge in [0.2, 0.25) is 0 Å². The molecule has 1 fully saturated rings. The molecule has 0 spiro atoms. The first-order chi connectivity index (χ1) is 15.1. The molecule has 1 amide bonds. The van der Waals surface area contributed by atoms with Crippen molar-refractivity contribution in [1.29, 1.82) is 0 Å². The highest BCUT2D eigenvalue weighted by molar-refractivity contribution is 5.77. The van der Waals surface area contributed by atoms with Gasteiger partial charge in [0, 0.05) is 49.5 Å². The number of hydrogen-bond donors (Lipinski definition) is 0. The Bertz CT molecular complexity index is 996. The van der Waals surface area contributed by atoms with Crippen molar-refractivity contribution >= 4 is 5.91 Å². The first kappa shape index (κ1) is 21.0. The van der Waals surface area contributed by atoms with Gasteiger partial charge in [-0.3, -0.25) is 9.78 Å². The summed E-state index contributed by atoms with van der Waals surface area (Å²) >= 11 is 0. The Hall–Kier alpha value is -3.22. The van der Waals surface area contributed by atoms with Crippen LogP contribution in [0.5, 0.6) is 5.75 Å². The van der Waals surface area contributed by atoms with Crippen molar-refractivity contribution in [2.24, 2.45) is 5.92 Å². The molecule has 2 aromatic heterocycles. The van der Waals surface area contributed by atoms with Gasteiger partial charge >= 0.3 is 0 Å². The lowest BCUT2D eigenvalue weighted by atomic mass is 9.93. The van der Waals surface area contributed by atoms with E-state index in [4.69, 9.17) is 4.74 Å². The standard InChI is InChI=1S/C24H27FN4O2/c1-18-16-27-24(20-6-11-26-12-7-20)29(18)15-10-19-8-13-28(14-9-19)23(30)17-31-22-4-2-21(25)3-5-22/h2-7,11-12,16,19H,8-10,13-15,17H2,1H3. The maximum absolute atomic E-state index is 13.0. The van der Waals surface area contributed by atoms with Gasteiger partial charge in [-0.05, 0) is 68.5 Å². The van der Waals surface area contributed by atoms with Crippen molar-refractivity contribution < 1.29 is 13.9 Å². The van der Waals surface area contributed by atoms with Crippen LogP contribution in [0.1, 0.15) is 25.0 Å². The first-order valence-electron chi connectivity index (χ1n) is 10.7. The normalized spacial score (nSPS) is 14.6. The maximum Gasteiger partial charge on any atom is 0.260 e. The Kier molecular flexibility index (Phi) is 6.60. The van der Waals surface area contributed by atoms with Gasteiger partial charge in [-0.25, -0.2) is 9.37 Å². The van der Waals surface area contributed by atoms with E-state index in [9.17, 15) is 9.18 Å². The molecule has 162 valence electrons. The fourth-order valence-electron chi connectivity index (χ4n) is 4.02. The van der Waals surface area contributed by atoms with Gasteiger partial charge in [0.25, 0.3) is 5.91 Å². The van der Waals surface area contributed by atoms with E-state index >= 15 is 0 Å². The number of carbonyl (C=O) groups excluding carboxylic acids is 1. The summed E-state index contributed by atoms with van der Waals surface area (Å²) in [7, 11) is 0. The number of pyridine rings is 1. The summed E-state index contributed by atoms with van der Waals surface area (Å²) in [6, 6.07) is 9.69. The van der Waals surface area contributed by atoms with Crippen LogP contribution in [0.15, 0.2) is 55.0 Å². The van der Waals surface area contributed by atoms with E-state index in [0.29, 0.717) is 11.7 Å². The number of aryl methyl sites for hydroxylation is 1. The molecule has 6 nitrogen and oxygen atoms in total. The SMILES string of the molecule is Cc1cnc(-c2ccncc2)n1CCC1CCN(C(=O)COc2ccc(F)cc2)CC1. The van der Waals surface area contributed by atoms with Gasteiger partial charge in [-0.1, -0.05) is 0 Å². The second-order valence-corrected chi connectivity index (χ2v) is 7.97. The predicted molar refractivity (Wildman–Crippen MR) is 116 cm³/mol. The van der Waals surface area contributed by atoms with Crippen LogP contribution in [0, 0.1) is 18.7 Å². The average Bonchev–Trinajstić information content (AvgIpc) is 3.18. The highest BCUT2D eigenvalue weighted by Gasteiger charge is 2.23. The fraction of sp³-hybridized carbons (Fsp3) is 0.375. The van der Waals surface area contributed by atoms with Crippen LogP contribution in [0.2, 0.25) is 0 Å². The van der Waals surface area contributed by atoms with E-state index in [-0.39, 0.29) is 18.3 Å². The number of carbonyl (C=O) groups is 1. The number of piperidine rings is 1. The molecule has 7 heteroatoms. The summed E-state index contributed by atoms with van der Waals surface area (Å²) in [5, 5.41) is 0. The van der Waals surface area contributed by atoms with E-state index < -0.39 is 0 Å². The molecule has 1 aliphatic rings. The Morgan fingerprint density at radius 1 is 1.13 bits per heavy atom. The molecule has 0 unspecified atom stereocenters. The van der Waals surface area contributed by atoms with Gasteiger partial charge in [0.15, 0.2) is 6.61 Å². The van der Waals surface area contributed by atoms with Crippen LogP contribution in [0.3, 0.4) is 0 Å². The molecule has 0 saturated carbocycles. The predicted octanol–water partition coefficient (Wildman–Crippen LogP) is 4.10. The van der Waals surface area contributed by atoms with Crippen molar-refractivity contribution in [2.45, 2.75) is 32.7 Å². The first-order valence-corrected chi connectivity index (χ1v) is 10.7. The third kappa shape index (κ3) is 5.29. The maximum atomic E-state index is 13.0. The zero-order valence-corrected chi connectivity index (χ0v) is 17.7. The van der Waals surface area contributed by atoms with Crippen LogP contribution in [0.25, 0.3) is 11.4 Å². The summed E-state index contributed by atoms with van der Waals surface area (Å²) in [5.74, 6) is 1.72. The van der Waals surface area contributed by atoms with Crippen LogP contribution >= 0.6 is 0 Å². The van der Waals surface area contributed by atoms with Gasteiger partial charge < -0.3 is 14.2 Å². The summed E-state index contributed by atoms with van der Waals surface area (Å²) in [5.41, 5.74) is 2.22. The van der Waals surface area contributed by atoms with E-state index in [1.807, 2.05) is 23.2 Å². The lowest BCUT2D eigenvalue weighted by Gasteiger charge is -2.32. The van der Waals surface area contributed by atoms with Crippen LogP contribution in [-0.4, -0.2) is 45.0 Å². The minimum absolute atomic E-state index is 0.0141. The highest BCUT2D eigenvalue weighted by Crippen LogP contribution is 2.24. The van der Waals surface area contributed by atoms with Gasteiger partial charge in [0.05, 0.1) is 0 Å². The molecule has 31 heavy (non-hydrogen) atoms. The second kappa shape index (κ2) is 9.73. The molecule has 0 bridgehead atoms. The van der Waals surface area contributed by atoms with E-state index in [1.54, 1.807) is 12.4 Å². The number of hydrogen-bond acceptors (Lipinski definition) is 4. The van der Waals surface area contributed by atoms with E-state index in [2.05, 4.69) is 21.5 Å². The number of halogens is 1. The van der Waals surface area contributed by atoms with Crippen LogP contribution in [-0.2, 0) is 11.3 Å². The third-order valence-electron chi connectivity index (χ3n) is 5.90. The van der Waals surface area contributed by atoms with Gasteiger partial charge in [-0.15, -0.1) is 0 Å². The number of likely N-dealkylation sites (tertiary alicyclic amines) is 1.